The molecule has 0 saturated carbocycles. The molecule has 0 radical (unpaired) electrons. The Morgan fingerprint density at radius 3 is 2.08 bits per heavy atom. The molecule has 1 unspecified atom stereocenters. The predicted molar refractivity (Wildman–Crippen MR) is 56.4 cm³/mol. The van der Waals surface area contributed by atoms with Gasteiger partial charge in [-0.15, -0.1) is 0 Å². The van der Waals surface area contributed by atoms with Gasteiger partial charge in [-0.1, -0.05) is 40.0 Å². The summed E-state index contributed by atoms with van der Waals surface area (Å²) in [6, 6.07) is 0. The average molecular weight is 171 g/mol. The van der Waals surface area contributed by atoms with Gasteiger partial charge in [-0.3, -0.25) is 0 Å². The van der Waals surface area contributed by atoms with Crippen molar-refractivity contribution in [3.63, 3.8) is 0 Å². The van der Waals surface area contributed by atoms with E-state index in [0.717, 1.165) is 11.8 Å². The summed E-state index contributed by atoms with van der Waals surface area (Å²) in [5.74, 6) is 1.72. The van der Waals surface area contributed by atoms with Crippen LogP contribution in [0.3, 0.4) is 0 Å². The quantitative estimate of drug-likeness (QED) is 0.594. The number of unbranched alkanes of at least 4 members (excludes halogenated alkanes) is 1. The molecule has 0 aromatic rings. The van der Waals surface area contributed by atoms with Crippen molar-refractivity contribution in [2.24, 2.45) is 11.8 Å². The lowest BCUT2D eigenvalue weighted by Gasteiger charge is -2.23. The molecule has 0 heterocycles. The molecule has 2 atom stereocenters. The first-order valence-corrected chi connectivity index (χ1v) is 5.22. The largest absolute Gasteiger partial charge is 0.309 e. The summed E-state index contributed by atoms with van der Waals surface area (Å²) in [5.41, 5.74) is 0. The van der Waals surface area contributed by atoms with Gasteiger partial charge >= 0.3 is 0 Å². The van der Waals surface area contributed by atoms with E-state index in [0.29, 0.717) is 0 Å². The molecule has 12 heavy (non-hydrogen) atoms. The summed E-state index contributed by atoms with van der Waals surface area (Å²) in [5, 5.41) is 0. The monoisotopic (exact) mass is 171 g/mol. The topological polar surface area (TPSA) is 3.24 Å². The number of nitrogens with zero attached hydrogens (tertiary/aromatic N) is 1. The summed E-state index contributed by atoms with van der Waals surface area (Å²) in [6.07, 6.45) is 4.11. The first-order valence-electron chi connectivity index (χ1n) is 5.22. The second-order valence-corrected chi connectivity index (χ2v) is 4.36. The van der Waals surface area contributed by atoms with Crippen molar-refractivity contribution < 1.29 is 0 Å². The minimum Gasteiger partial charge on any atom is -0.309 e. The second kappa shape index (κ2) is 6.47. The van der Waals surface area contributed by atoms with E-state index < -0.39 is 0 Å². The number of hydrogen-bond acceptors (Lipinski definition) is 1. The minimum absolute atomic E-state index is 0.839. The van der Waals surface area contributed by atoms with Crippen molar-refractivity contribution in [2.45, 2.75) is 40.0 Å². The number of rotatable bonds is 6. The maximum absolute atomic E-state index is 2.38. The van der Waals surface area contributed by atoms with E-state index in [4.69, 9.17) is 0 Å². The van der Waals surface area contributed by atoms with Crippen molar-refractivity contribution in [2.75, 3.05) is 20.6 Å². The molecule has 0 aromatic heterocycles. The molecular weight excluding hydrogens is 146 g/mol. The molecule has 0 N–H and O–H groups in total. The first kappa shape index (κ1) is 12.0. The van der Waals surface area contributed by atoms with E-state index in [1.165, 1.54) is 25.8 Å². The SMILES string of the molecule is CCCCC(C)[C@H](C)CN(C)C. The highest BCUT2D eigenvalue weighted by molar-refractivity contribution is 4.64. The van der Waals surface area contributed by atoms with Gasteiger partial charge in [0.1, 0.15) is 0 Å². The van der Waals surface area contributed by atoms with E-state index in [9.17, 15) is 0 Å². The molecular formula is C11H25N. The summed E-state index contributed by atoms with van der Waals surface area (Å²) in [7, 11) is 4.31. The fraction of sp³-hybridized carbons (Fsp3) is 1.00. The fourth-order valence-electron chi connectivity index (χ4n) is 1.57. The van der Waals surface area contributed by atoms with Crippen LogP contribution in [-0.4, -0.2) is 25.5 Å². The van der Waals surface area contributed by atoms with Gasteiger partial charge in [-0.25, -0.2) is 0 Å². The van der Waals surface area contributed by atoms with Gasteiger partial charge in [0.15, 0.2) is 0 Å². The number of hydrogen-bond donors (Lipinski definition) is 0. The van der Waals surface area contributed by atoms with Crippen molar-refractivity contribution in [1.29, 1.82) is 0 Å². The Hall–Kier alpha value is -0.0400. The molecule has 0 amide bonds. The van der Waals surface area contributed by atoms with E-state index in [2.05, 4.69) is 39.8 Å². The van der Waals surface area contributed by atoms with E-state index >= 15 is 0 Å². The molecule has 0 aliphatic rings. The molecule has 0 bridgehead atoms. The Labute approximate surface area is 78.1 Å². The van der Waals surface area contributed by atoms with Crippen LogP contribution in [-0.2, 0) is 0 Å². The molecule has 0 saturated heterocycles. The lowest BCUT2D eigenvalue weighted by molar-refractivity contribution is 0.262. The Kier molecular flexibility index (Phi) is 6.45. The van der Waals surface area contributed by atoms with Gasteiger partial charge in [-0.05, 0) is 25.9 Å². The molecule has 1 nitrogen and oxygen atoms in total. The van der Waals surface area contributed by atoms with Gasteiger partial charge < -0.3 is 4.90 Å². The van der Waals surface area contributed by atoms with Crippen molar-refractivity contribution in [1.82, 2.24) is 4.90 Å². The van der Waals surface area contributed by atoms with Crippen LogP contribution in [0.1, 0.15) is 40.0 Å². The zero-order valence-corrected chi connectivity index (χ0v) is 9.43. The second-order valence-electron chi connectivity index (χ2n) is 4.36. The van der Waals surface area contributed by atoms with Crippen LogP contribution in [0.25, 0.3) is 0 Å². The van der Waals surface area contributed by atoms with E-state index in [1.54, 1.807) is 0 Å². The van der Waals surface area contributed by atoms with Crippen LogP contribution in [0.5, 0.6) is 0 Å². The van der Waals surface area contributed by atoms with E-state index in [-0.39, 0.29) is 0 Å². The third kappa shape index (κ3) is 5.59. The molecule has 0 aliphatic carbocycles. The summed E-state index contributed by atoms with van der Waals surface area (Å²) >= 11 is 0. The lowest BCUT2D eigenvalue weighted by atomic mass is 9.91. The van der Waals surface area contributed by atoms with Gasteiger partial charge in [0.25, 0.3) is 0 Å². The Morgan fingerprint density at radius 2 is 1.67 bits per heavy atom. The molecule has 0 aromatic carbocycles. The maximum Gasteiger partial charge on any atom is 0.000346 e. The summed E-state index contributed by atoms with van der Waals surface area (Å²) in [4.78, 5) is 2.28. The molecule has 0 fully saturated rings. The van der Waals surface area contributed by atoms with Crippen molar-refractivity contribution in [3.05, 3.63) is 0 Å². The maximum atomic E-state index is 2.38. The van der Waals surface area contributed by atoms with Gasteiger partial charge in [0.05, 0.1) is 0 Å². The Bertz CT molecular complexity index is 99.2. The fourth-order valence-corrected chi connectivity index (χ4v) is 1.57. The third-order valence-electron chi connectivity index (χ3n) is 2.64. The van der Waals surface area contributed by atoms with Gasteiger partial charge in [0, 0.05) is 6.54 Å². The van der Waals surface area contributed by atoms with Crippen LogP contribution >= 0.6 is 0 Å². The third-order valence-corrected chi connectivity index (χ3v) is 2.64. The summed E-state index contributed by atoms with van der Waals surface area (Å²) in [6.45, 7) is 8.23. The molecule has 0 aliphatic heterocycles. The highest BCUT2D eigenvalue weighted by Crippen LogP contribution is 2.17. The average Bonchev–Trinajstić information content (AvgIpc) is 1.98. The predicted octanol–water partition coefficient (Wildman–Crippen LogP) is 3.01. The smallest absolute Gasteiger partial charge is 0.000346 e. The van der Waals surface area contributed by atoms with Crippen LogP contribution in [0, 0.1) is 11.8 Å². The van der Waals surface area contributed by atoms with Gasteiger partial charge in [-0.2, -0.15) is 0 Å². The van der Waals surface area contributed by atoms with Crippen LogP contribution in [0.15, 0.2) is 0 Å². The Morgan fingerprint density at radius 1 is 1.08 bits per heavy atom. The van der Waals surface area contributed by atoms with Crippen LogP contribution in [0.4, 0.5) is 0 Å². The van der Waals surface area contributed by atoms with Crippen molar-refractivity contribution >= 4 is 0 Å². The highest BCUT2D eigenvalue weighted by atomic mass is 15.1. The zero-order chi connectivity index (χ0) is 9.56. The minimum atomic E-state index is 0.839. The Balaban J connectivity index is 3.53. The molecule has 1 heteroatoms. The standard InChI is InChI=1S/C11H25N/c1-6-7-8-10(2)11(3)9-12(4)5/h10-11H,6-9H2,1-5H3/t10?,11-/m1/s1. The molecule has 0 spiro atoms. The zero-order valence-electron chi connectivity index (χ0n) is 9.43. The molecule has 0 rings (SSSR count). The van der Waals surface area contributed by atoms with Crippen LogP contribution < -0.4 is 0 Å². The molecule has 74 valence electrons. The normalized spacial score (nSPS) is 16.5. The van der Waals surface area contributed by atoms with E-state index in [1.807, 2.05) is 0 Å². The van der Waals surface area contributed by atoms with Gasteiger partial charge in [0.2, 0.25) is 0 Å². The summed E-state index contributed by atoms with van der Waals surface area (Å²) < 4.78 is 0. The lowest BCUT2D eigenvalue weighted by Crippen LogP contribution is -2.24. The highest BCUT2D eigenvalue weighted by Gasteiger charge is 2.11. The van der Waals surface area contributed by atoms with Crippen LogP contribution in [0.2, 0.25) is 0 Å². The first-order chi connectivity index (χ1) is 5.57. The van der Waals surface area contributed by atoms with Crippen molar-refractivity contribution in [3.8, 4) is 0 Å².